The van der Waals surface area contributed by atoms with E-state index in [4.69, 9.17) is 11.6 Å². The molecule has 3 aromatic carbocycles. The lowest BCUT2D eigenvalue weighted by Crippen LogP contribution is -2.41. The van der Waals surface area contributed by atoms with Crippen LogP contribution in [0.5, 0.6) is 0 Å². The van der Waals surface area contributed by atoms with Gasteiger partial charge in [0.05, 0.1) is 26.9 Å². The molecule has 7 nitrogen and oxygen atoms in total. The Bertz CT molecular complexity index is 1290. The molecule has 9 heteroatoms. The van der Waals surface area contributed by atoms with Gasteiger partial charge in [-0.2, -0.15) is 0 Å². The number of carbonyl (C=O) groups excluding carboxylic acids is 2. The van der Waals surface area contributed by atoms with Gasteiger partial charge in [-0.05, 0) is 57.2 Å². The summed E-state index contributed by atoms with van der Waals surface area (Å²) in [5.74, 6) is -0.987. The molecular weight excluding hydrogens is 474 g/mol. The third-order valence-corrected chi connectivity index (χ3v) is 6.77. The largest absolute Gasteiger partial charge is 0.347 e. The molecule has 2 N–H and O–H groups in total. The topological polar surface area (TPSA) is 95.6 Å². The van der Waals surface area contributed by atoms with Crippen molar-refractivity contribution in [2.75, 3.05) is 16.2 Å². The number of carbonyl (C=O) groups is 2. The van der Waals surface area contributed by atoms with Crippen LogP contribution in [0.3, 0.4) is 0 Å². The first kappa shape index (κ1) is 25.3. The minimum absolute atomic E-state index is 0.0210. The van der Waals surface area contributed by atoms with E-state index in [2.05, 4.69) is 10.6 Å². The highest BCUT2D eigenvalue weighted by Crippen LogP contribution is 2.30. The Hall–Kier alpha value is -3.36. The van der Waals surface area contributed by atoms with Gasteiger partial charge in [0.2, 0.25) is 5.91 Å². The molecule has 0 spiro atoms. The van der Waals surface area contributed by atoms with Crippen LogP contribution < -0.4 is 14.9 Å². The van der Waals surface area contributed by atoms with Crippen molar-refractivity contribution in [2.24, 2.45) is 0 Å². The molecule has 0 aliphatic rings. The molecule has 2 amide bonds. The number of nitrogens with zero attached hydrogens (tertiary/aromatic N) is 1. The highest BCUT2D eigenvalue weighted by molar-refractivity contribution is 7.92. The number of amides is 2. The van der Waals surface area contributed by atoms with Crippen LogP contribution in [0, 0.1) is 0 Å². The lowest BCUT2D eigenvalue weighted by molar-refractivity contribution is -0.114. The van der Waals surface area contributed by atoms with Crippen molar-refractivity contribution >= 4 is 44.8 Å². The van der Waals surface area contributed by atoms with Gasteiger partial charge in [-0.15, -0.1) is 0 Å². The molecular formula is C25H26ClN3O4S. The third kappa shape index (κ3) is 6.15. The maximum Gasteiger partial charge on any atom is 0.264 e. The fraction of sp³-hybridized carbons (Fsp3) is 0.200. The Labute approximate surface area is 204 Å². The van der Waals surface area contributed by atoms with Crippen LogP contribution in [0.25, 0.3) is 0 Å². The number of hydrogen-bond donors (Lipinski definition) is 2. The zero-order valence-corrected chi connectivity index (χ0v) is 20.7. The van der Waals surface area contributed by atoms with Crippen molar-refractivity contribution < 1.29 is 18.0 Å². The Kier molecular flexibility index (Phi) is 7.64. The summed E-state index contributed by atoms with van der Waals surface area (Å²) in [4.78, 5) is 25.8. The van der Waals surface area contributed by atoms with E-state index in [-0.39, 0.29) is 32.8 Å². The first-order valence-corrected chi connectivity index (χ1v) is 12.3. The van der Waals surface area contributed by atoms with E-state index >= 15 is 0 Å². The lowest BCUT2D eigenvalue weighted by atomic mass is 10.1. The molecule has 3 rings (SSSR count). The van der Waals surface area contributed by atoms with Gasteiger partial charge in [-0.3, -0.25) is 13.9 Å². The molecule has 0 fully saturated rings. The van der Waals surface area contributed by atoms with Gasteiger partial charge in [0.25, 0.3) is 15.9 Å². The molecule has 0 unspecified atom stereocenters. The van der Waals surface area contributed by atoms with Gasteiger partial charge in [0.15, 0.2) is 0 Å². The normalized spacial score (nSPS) is 11.5. The molecule has 0 atom stereocenters. The number of para-hydroxylation sites is 2. The maximum atomic E-state index is 13.4. The van der Waals surface area contributed by atoms with Crippen molar-refractivity contribution in [3.05, 3.63) is 89.4 Å². The lowest BCUT2D eigenvalue weighted by Gasteiger charge is -2.25. The Balaban J connectivity index is 1.93. The maximum absolute atomic E-state index is 13.4. The second-order valence-corrected chi connectivity index (χ2v) is 10.8. The second kappa shape index (κ2) is 10.3. The minimum Gasteiger partial charge on any atom is -0.347 e. The average molecular weight is 500 g/mol. The molecule has 0 heterocycles. The zero-order valence-electron chi connectivity index (χ0n) is 19.1. The van der Waals surface area contributed by atoms with E-state index < -0.39 is 28.0 Å². The summed E-state index contributed by atoms with van der Waals surface area (Å²) in [6.45, 7) is 5.00. The smallest absolute Gasteiger partial charge is 0.264 e. The predicted octanol–water partition coefficient (Wildman–Crippen LogP) is 4.70. The monoisotopic (exact) mass is 499 g/mol. The summed E-state index contributed by atoms with van der Waals surface area (Å²) in [5.41, 5.74) is 0.229. The number of hydrogen-bond acceptors (Lipinski definition) is 4. The highest BCUT2D eigenvalue weighted by atomic mass is 35.5. The zero-order chi connectivity index (χ0) is 24.9. The van der Waals surface area contributed by atoms with Crippen LogP contribution in [0.1, 0.15) is 31.1 Å². The fourth-order valence-corrected chi connectivity index (χ4v) is 4.94. The molecule has 0 aromatic heterocycles. The number of benzene rings is 3. The molecule has 0 radical (unpaired) electrons. The summed E-state index contributed by atoms with van der Waals surface area (Å²) < 4.78 is 27.8. The van der Waals surface area contributed by atoms with Crippen LogP contribution >= 0.6 is 11.6 Å². The molecule has 0 saturated heterocycles. The standard InChI is InChI=1S/C25H26ClN3O4S/c1-25(2,3)28-24(31)19-13-7-9-15-21(19)27-23(30)17-29(22-16-10-8-14-20(22)26)34(32,33)18-11-5-4-6-12-18/h4-16H,17H2,1-3H3,(H,27,30)(H,28,31). The number of halogens is 1. The number of anilines is 2. The minimum atomic E-state index is -4.11. The summed E-state index contributed by atoms with van der Waals surface area (Å²) in [6.07, 6.45) is 0. The quantitative estimate of drug-likeness (QED) is 0.492. The summed E-state index contributed by atoms with van der Waals surface area (Å²) >= 11 is 6.29. The van der Waals surface area contributed by atoms with Crippen molar-refractivity contribution in [3.63, 3.8) is 0 Å². The summed E-state index contributed by atoms with van der Waals surface area (Å²) in [7, 11) is -4.11. The van der Waals surface area contributed by atoms with Crippen LogP contribution in [0.4, 0.5) is 11.4 Å². The number of sulfonamides is 1. The van der Waals surface area contributed by atoms with Crippen LogP contribution in [-0.4, -0.2) is 32.3 Å². The van der Waals surface area contributed by atoms with Gasteiger partial charge >= 0.3 is 0 Å². The van der Waals surface area contributed by atoms with E-state index in [9.17, 15) is 18.0 Å². The molecule has 0 saturated carbocycles. The third-order valence-electron chi connectivity index (χ3n) is 4.67. The molecule has 3 aromatic rings. The second-order valence-electron chi connectivity index (χ2n) is 8.57. The van der Waals surface area contributed by atoms with Crippen LogP contribution in [-0.2, 0) is 14.8 Å². The first-order valence-electron chi connectivity index (χ1n) is 10.5. The van der Waals surface area contributed by atoms with E-state index in [1.165, 1.54) is 18.2 Å². The van der Waals surface area contributed by atoms with Crippen molar-refractivity contribution in [3.8, 4) is 0 Å². The molecule has 0 aliphatic heterocycles. The molecule has 0 aliphatic carbocycles. The first-order chi connectivity index (χ1) is 16.0. The summed E-state index contributed by atoms with van der Waals surface area (Å²) in [5, 5.41) is 5.71. The molecule has 0 bridgehead atoms. The Morgan fingerprint density at radius 1 is 0.882 bits per heavy atom. The van der Waals surface area contributed by atoms with E-state index in [1.54, 1.807) is 60.7 Å². The van der Waals surface area contributed by atoms with Gasteiger partial charge in [-0.25, -0.2) is 8.42 Å². The fourth-order valence-electron chi connectivity index (χ4n) is 3.19. The van der Waals surface area contributed by atoms with Crippen LogP contribution in [0.15, 0.2) is 83.8 Å². The molecule has 178 valence electrons. The Morgan fingerprint density at radius 2 is 1.47 bits per heavy atom. The van der Waals surface area contributed by atoms with Gasteiger partial charge < -0.3 is 10.6 Å². The Morgan fingerprint density at radius 3 is 2.12 bits per heavy atom. The molecule has 34 heavy (non-hydrogen) atoms. The van der Waals surface area contributed by atoms with Gasteiger partial charge in [-0.1, -0.05) is 54.1 Å². The van der Waals surface area contributed by atoms with Crippen molar-refractivity contribution in [1.29, 1.82) is 0 Å². The number of rotatable bonds is 7. The van der Waals surface area contributed by atoms with Gasteiger partial charge in [0, 0.05) is 5.54 Å². The predicted molar refractivity (Wildman–Crippen MR) is 135 cm³/mol. The van der Waals surface area contributed by atoms with E-state index in [1.807, 2.05) is 20.8 Å². The van der Waals surface area contributed by atoms with E-state index in [0.717, 1.165) is 4.31 Å². The SMILES string of the molecule is CC(C)(C)NC(=O)c1ccccc1NC(=O)CN(c1ccccc1Cl)S(=O)(=O)c1ccccc1. The van der Waals surface area contributed by atoms with Crippen LogP contribution in [0.2, 0.25) is 5.02 Å². The highest BCUT2D eigenvalue weighted by Gasteiger charge is 2.29. The average Bonchev–Trinajstić information content (AvgIpc) is 2.78. The van der Waals surface area contributed by atoms with Crippen molar-refractivity contribution in [1.82, 2.24) is 5.32 Å². The summed E-state index contributed by atoms with van der Waals surface area (Å²) in [6, 6.07) is 20.7. The number of nitrogens with one attached hydrogen (secondary N) is 2. The van der Waals surface area contributed by atoms with Crippen molar-refractivity contribution in [2.45, 2.75) is 31.2 Å². The van der Waals surface area contributed by atoms with Gasteiger partial charge in [0.1, 0.15) is 6.54 Å². The van der Waals surface area contributed by atoms with E-state index in [0.29, 0.717) is 0 Å².